The van der Waals surface area contributed by atoms with Crippen molar-refractivity contribution < 1.29 is 9.84 Å². The molecule has 1 aromatic rings. The molecular formula is C15H19ClO2. The highest BCUT2D eigenvalue weighted by molar-refractivity contribution is 6.30. The van der Waals surface area contributed by atoms with E-state index in [4.69, 9.17) is 16.3 Å². The largest absolute Gasteiger partial charge is 0.368 e. The molecule has 0 spiro atoms. The van der Waals surface area contributed by atoms with Crippen LogP contribution in [0, 0.1) is 5.92 Å². The number of halogens is 1. The summed E-state index contributed by atoms with van der Waals surface area (Å²) in [7, 11) is 0. The van der Waals surface area contributed by atoms with Crippen LogP contribution in [0.1, 0.15) is 43.6 Å². The summed E-state index contributed by atoms with van der Waals surface area (Å²) in [5.74, 6) is 1.32. The molecule has 2 nitrogen and oxygen atoms in total. The van der Waals surface area contributed by atoms with Crippen molar-refractivity contribution in [3.8, 4) is 0 Å². The van der Waals surface area contributed by atoms with E-state index < -0.39 is 6.29 Å². The molecule has 1 aliphatic heterocycles. The Morgan fingerprint density at radius 2 is 1.67 bits per heavy atom. The lowest BCUT2D eigenvalue weighted by atomic mass is 9.75. The van der Waals surface area contributed by atoms with Gasteiger partial charge in [-0.2, -0.15) is 0 Å². The minimum atomic E-state index is -0.496. The summed E-state index contributed by atoms with van der Waals surface area (Å²) in [5, 5.41) is 9.98. The molecule has 1 saturated heterocycles. The minimum absolute atomic E-state index is 0.311. The van der Waals surface area contributed by atoms with Crippen molar-refractivity contribution in [1.29, 1.82) is 0 Å². The molecule has 3 heteroatoms. The smallest absolute Gasteiger partial charge is 0.157 e. The molecule has 2 fully saturated rings. The van der Waals surface area contributed by atoms with Crippen molar-refractivity contribution in [1.82, 2.24) is 0 Å². The molecule has 3 rings (SSSR count). The quantitative estimate of drug-likeness (QED) is 0.884. The maximum absolute atomic E-state index is 9.17. The predicted molar refractivity (Wildman–Crippen MR) is 71.6 cm³/mol. The van der Waals surface area contributed by atoms with Gasteiger partial charge in [0.15, 0.2) is 6.29 Å². The molecule has 2 atom stereocenters. The van der Waals surface area contributed by atoms with Crippen molar-refractivity contribution in [2.45, 2.75) is 50.4 Å². The summed E-state index contributed by atoms with van der Waals surface area (Å²) in [5.41, 5.74) is 1.41. The monoisotopic (exact) mass is 266 g/mol. The zero-order valence-corrected chi connectivity index (χ0v) is 11.1. The van der Waals surface area contributed by atoms with Crippen molar-refractivity contribution in [3.05, 3.63) is 34.9 Å². The highest BCUT2D eigenvalue weighted by atomic mass is 35.5. The van der Waals surface area contributed by atoms with E-state index >= 15 is 0 Å². The fourth-order valence-electron chi connectivity index (χ4n) is 3.25. The van der Waals surface area contributed by atoms with Gasteiger partial charge in [0.25, 0.3) is 0 Å². The Hall–Kier alpha value is -0.570. The van der Waals surface area contributed by atoms with Gasteiger partial charge in [0, 0.05) is 11.4 Å². The van der Waals surface area contributed by atoms with E-state index in [2.05, 4.69) is 12.1 Å². The number of hydrogen-bond donors (Lipinski definition) is 1. The molecule has 1 aliphatic carbocycles. The molecule has 18 heavy (non-hydrogen) atoms. The van der Waals surface area contributed by atoms with E-state index in [1.165, 1.54) is 31.2 Å². The number of aliphatic hydroxyl groups is 1. The molecule has 1 N–H and O–H groups in total. The van der Waals surface area contributed by atoms with E-state index in [1.54, 1.807) is 0 Å². The van der Waals surface area contributed by atoms with E-state index in [0.717, 1.165) is 11.4 Å². The summed E-state index contributed by atoms with van der Waals surface area (Å²) >= 11 is 5.92. The average Bonchev–Trinajstić information content (AvgIpc) is 2.36. The lowest BCUT2D eigenvalue weighted by Crippen LogP contribution is -2.43. The summed E-state index contributed by atoms with van der Waals surface area (Å²) in [6.07, 6.45) is 5.52. The van der Waals surface area contributed by atoms with Gasteiger partial charge in [0.05, 0.1) is 6.10 Å². The van der Waals surface area contributed by atoms with E-state index in [9.17, 15) is 5.11 Å². The molecule has 2 unspecified atom stereocenters. The standard InChI is InChI=1S/C15H19ClO2/c16-13-7-5-11(6-8-13)10-1-3-12(4-2-10)14-9-15(17)18-14/h5-8,10,12,14-15,17H,1-4,9H2. The fourth-order valence-corrected chi connectivity index (χ4v) is 3.38. The third kappa shape index (κ3) is 2.56. The number of aliphatic hydroxyl groups excluding tert-OH is 1. The molecule has 1 aromatic carbocycles. The van der Waals surface area contributed by atoms with Crippen LogP contribution in [0.2, 0.25) is 5.02 Å². The lowest BCUT2D eigenvalue weighted by molar-refractivity contribution is -0.250. The van der Waals surface area contributed by atoms with Gasteiger partial charge in [-0.25, -0.2) is 0 Å². The lowest BCUT2D eigenvalue weighted by Gasteiger charge is -2.41. The van der Waals surface area contributed by atoms with Gasteiger partial charge >= 0.3 is 0 Å². The van der Waals surface area contributed by atoms with Crippen molar-refractivity contribution in [2.75, 3.05) is 0 Å². The Balaban J connectivity index is 1.55. The van der Waals surface area contributed by atoms with Gasteiger partial charge in [0.2, 0.25) is 0 Å². The molecule has 0 bridgehead atoms. The first kappa shape index (κ1) is 12.5. The van der Waals surface area contributed by atoms with Crippen molar-refractivity contribution >= 4 is 11.6 Å². The molecule has 0 radical (unpaired) electrons. The highest BCUT2D eigenvalue weighted by Gasteiger charge is 2.37. The Bertz CT molecular complexity index is 389. The highest BCUT2D eigenvalue weighted by Crippen LogP contribution is 2.41. The second kappa shape index (κ2) is 5.20. The Labute approximate surface area is 113 Å². The SMILES string of the molecule is OC1CC(C2CCC(c3ccc(Cl)cc3)CC2)O1. The molecular weight excluding hydrogens is 248 g/mol. The number of rotatable bonds is 2. The summed E-state index contributed by atoms with van der Waals surface area (Å²) in [6.45, 7) is 0. The first-order chi connectivity index (χ1) is 8.72. The molecule has 0 aromatic heterocycles. The van der Waals surface area contributed by atoms with Crippen molar-refractivity contribution in [2.24, 2.45) is 5.92 Å². The van der Waals surface area contributed by atoms with Gasteiger partial charge in [-0.15, -0.1) is 0 Å². The number of hydrogen-bond acceptors (Lipinski definition) is 2. The van der Waals surface area contributed by atoms with Crippen LogP contribution in [0.25, 0.3) is 0 Å². The van der Waals surface area contributed by atoms with Crippen LogP contribution in [0.5, 0.6) is 0 Å². The van der Waals surface area contributed by atoms with Crippen LogP contribution in [-0.2, 0) is 4.74 Å². The van der Waals surface area contributed by atoms with Crippen LogP contribution in [-0.4, -0.2) is 17.5 Å². The molecule has 0 amide bonds. The summed E-state index contributed by atoms with van der Waals surface area (Å²) in [6, 6.07) is 8.26. The molecule has 98 valence electrons. The van der Waals surface area contributed by atoms with Gasteiger partial charge in [0.1, 0.15) is 0 Å². The molecule has 1 heterocycles. The van der Waals surface area contributed by atoms with Crippen LogP contribution in [0.4, 0.5) is 0 Å². The van der Waals surface area contributed by atoms with Crippen LogP contribution >= 0.6 is 11.6 Å². The zero-order valence-electron chi connectivity index (χ0n) is 10.4. The van der Waals surface area contributed by atoms with E-state index in [0.29, 0.717) is 17.9 Å². The zero-order chi connectivity index (χ0) is 12.5. The summed E-state index contributed by atoms with van der Waals surface area (Å²) in [4.78, 5) is 0. The maximum atomic E-state index is 9.17. The van der Waals surface area contributed by atoms with Crippen LogP contribution in [0.3, 0.4) is 0 Å². The van der Waals surface area contributed by atoms with Gasteiger partial charge in [-0.1, -0.05) is 23.7 Å². The average molecular weight is 267 g/mol. The first-order valence-electron chi connectivity index (χ1n) is 6.81. The van der Waals surface area contributed by atoms with Gasteiger partial charge in [-0.3, -0.25) is 0 Å². The fraction of sp³-hybridized carbons (Fsp3) is 0.600. The third-order valence-electron chi connectivity index (χ3n) is 4.40. The van der Waals surface area contributed by atoms with Crippen LogP contribution in [0.15, 0.2) is 24.3 Å². The minimum Gasteiger partial charge on any atom is -0.368 e. The number of benzene rings is 1. The third-order valence-corrected chi connectivity index (χ3v) is 4.66. The Kier molecular flexibility index (Phi) is 3.60. The second-order valence-electron chi connectivity index (χ2n) is 5.53. The summed E-state index contributed by atoms with van der Waals surface area (Å²) < 4.78 is 5.37. The van der Waals surface area contributed by atoms with E-state index in [-0.39, 0.29) is 0 Å². The number of ether oxygens (including phenoxy) is 1. The Morgan fingerprint density at radius 3 is 2.22 bits per heavy atom. The second-order valence-corrected chi connectivity index (χ2v) is 5.96. The Morgan fingerprint density at radius 1 is 1.06 bits per heavy atom. The normalized spacial score (nSPS) is 36.1. The van der Waals surface area contributed by atoms with Crippen LogP contribution < -0.4 is 0 Å². The maximum Gasteiger partial charge on any atom is 0.157 e. The molecule has 1 saturated carbocycles. The first-order valence-corrected chi connectivity index (χ1v) is 7.19. The van der Waals surface area contributed by atoms with Gasteiger partial charge < -0.3 is 9.84 Å². The topological polar surface area (TPSA) is 29.5 Å². The van der Waals surface area contributed by atoms with Crippen molar-refractivity contribution in [3.63, 3.8) is 0 Å². The molecule has 2 aliphatic rings. The van der Waals surface area contributed by atoms with E-state index in [1.807, 2.05) is 12.1 Å². The predicted octanol–water partition coefficient (Wildman–Crippen LogP) is 3.72. The van der Waals surface area contributed by atoms with Gasteiger partial charge in [-0.05, 0) is 55.2 Å².